The van der Waals surface area contributed by atoms with Gasteiger partial charge in [0.1, 0.15) is 0 Å². The van der Waals surface area contributed by atoms with E-state index in [1.165, 1.54) is 5.12 Å². The Balaban J connectivity index is 1.62. The Labute approximate surface area is 209 Å². The number of nitrogens with one attached hydrogen (secondary N) is 1. The number of halogens is 2. The number of rotatable bonds is 3. The number of carbonyl (C=O) groups excluding carboxylic acids is 2. The third-order valence-electron chi connectivity index (χ3n) is 7.63. The fourth-order valence-electron chi connectivity index (χ4n) is 5.84. The van der Waals surface area contributed by atoms with E-state index >= 15 is 0 Å². The van der Waals surface area contributed by atoms with E-state index in [2.05, 4.69) is 11.6 Å². The Kier molecular flexibility index (Phi) is 6.33. The van der Waals surface area contributed by atoms with Crippen LogP contribution in [0.15, 0.2) is 48.5 Å². The summed E-state index contributed by atoms with van der Waals surface area (Å²) in [6, 6.07) is 15.5. The molecule has 3 saturated heterocycles. The second-order valence-electron chi connectivity index (χ2n) is 9.83. The zero-order valence-corrected chi connectivity index (χ0v) is 20.6. The van der Waals surface area contributed by atoms with Crippen LogP contribution in [0.5, 0.6) is 0 Å². The summed E-state index contributed by atoms with van der Waals surface area (Å²) in [4.78, 5) is 29.4. The number of carbonyl (C=O) groups is 2. The van der Waals surface area contributed by atoms with Crippen molar-refractivity contribution < 1.29 is 9.59 Å². The molecular formula is C25H29Cl2N5O2. The summed E-state index contributed by atoms with van der Waals surface area (Å²) in [6.45, 7) is 3.25. The van der Waals surface area contributed by atoms with Crippen molar-refractivity contribution in [3.05, 3.63) is 69.7 Å². The first kappa shape index (κ1) is 23.6. The van der Waals surface area contributed by atoms with Gasteiger partial charge in [-0.3, -0.25) is 15.4 Å². The molecule has 3 aliphatic rings. The zero-order valence-electron chi connectivity index (χ0n) is 19.1. The lowest BCUT2D eigenvalue weighted by Gasteiger charge is -2.53. The zero-order chi connectivity index (χ0) is 24.0. The van der Waals surface area contributed by atoms with Crippen molar-refractivity contribution in [2.75, 3.05) is 13.1 Å². The van der Waals surface area contributed by atoms with E-state index in [0.29, 0.717) is 23.0 Å². The lowest BCUT2D eigenvalue weighted by molar-refractivity contribution is -0.191. The molecule has 3 fully saturated rings. The molecule has 3 N–H and O–H groups in total. The molecule has 7 nitrogen and oxygen atoms in total. The summed E-state index contributed by atoms with van der Waals surface area (Å²) in [5.74, 6) is 5.51. The monoisotopic (exact) mass is 501 g/mol. The van der Waals surface area contributed by atoms with Gasteiger partial charge in [-0.05, 0) is 54.7 Å². The molecule has 1 unspecified atom stereocenters. The third kappa shape index (κ3) is 4.10. The van der Waals surface area contributed by atoms with Crippen LogP contribution in [0.1, 0.15) is 55.7 Å². The molecule has 3 aliphatic heterocycles. The van der Waals surface area contributed by atoms with Crippen molar-refractivity contribution in [1.29, 1.82) is 0 Å². The average Bonchev–Trinajstić information content (AvgIpc) is 2.79. The maximum atomic E-state index is 14.0. The van der Waals surface area contributed by atoms with Gasteiger partial charge in [0.15, 0.2) is 0 Å². The number of amides is 2. The number of benzene rings is 2. The number of hydrazine groups is 3. The van der Waals surface area contributed by atoms with Crippen molar-refractivity contribution in [3.63, 3.8) is 0 Å². The van der Waals surface area contributed by atoms with Crippen LogP contribution in [0.4, 0.5) is 0 Å². The number of piperidine rings is 1. The van der Waals surface area contributed by atoms with Crippen LogP contribution in [-0.2, 0) is 9.59 Å². The molecule has 5 rings (SSSR count). The molecule has 180 valence electrons. The minimum absolute atomic E-state index is 0.00354. The van der Waals surface area contributed by atoms with E-state index in [1.807, 2.05) is 59.3 Å². The molecule has 0 aromatic heterocycles. The number of fused-ring (bicyclic) bond motifs is 3. The molecule has 0 radical (unpaired) electrons. The average molecular weight is 502 g/mol. The van der Waals surface area contributed by atoms with E-state index in [1.54, 1.807) is 0 Å². The van der Waals surface area contributed by atoms with Crippen molar-refractivity contribution in [2.24, 2.45) is 11.3 Å². The minimum atomic E-state index is -0.875. The molecule has 2 bridgehead atoms. The minimum Gasteiger partial charge on any atom is -0.334 e. The van der Waals surface area contributed by atoms with Crippen LogP contribution in [0.2, 0.25) is 10.0 Å². The van der Waals surface area contributed by atoms with Crippen molar-refractivity contribution in [3.8, 4) is 0 Å². The molecule has 0 spiro atoms. The first-order valence-electron chi connectivity index (χ1n) is 11.7. The first-order valence-corrected chi connectivity index (χ1v) is 12.4. The summed E-state index contributed by atoms with van der Waals surface area (Å²) in [7, 11) is 0. The highest BCUT2D eigenvalue weighted by molar-refractivity contribution is 6.30. The van der Waals surface area contributed by atoms with Gasteiger partial charge in [0, 0.05) is 41.5 Å². The molecule has 0 aliphatic carbocycles. The smallest absolute Gasteiger partial charge is 0.253 e. The maximum absolute atomic E-state index is 14.0. The highest BCUT2D eigenvalue weighted by Crippen LogP contribution is 2.52. The molecule has 3 heterocycles. The van der Waals surface area contributed by atoms with Gasteiger partial charge in [0.05, 0.1) is 11.5 Å². The summed E-state index contributed by atoms with van der Waals surface area (Å²) in [5, 5.41) is 4.69. The molecule has 2 amide bonds. The Morgan fingerprint density at radius 3 is 2.38 bits per heavy atom. The predicted molar refractivity (Wildman–Crippen MR) is 131 cm³/mol. The van der Waals surface area contributed by atoms with E-state index in [-0.39, 0.29) is 36.2 Å². The number of hydrogen-bond donors (Lipinski definition) is 2. The van der Waals surface area contributed by atoms with E-state index < -0.39 is 5.41 Å². The van der Waals surface area contributed by atoms with Gasteiger partial charge < -0.3 is 4.90 Å². The topological polar surface area (TPSA) is 81.9 Å². The number of nitrogens with two attached hydrogens (primary N) is 1. The van der Waals surface area contributed by atoms with Crippen LogP contribution in [-0.4, -0.2) is 46.0 Å². The van der Waals surface area contributed by atoms with Gasteiger partial charge in [0.2, 0.25) is 5.91 Å². The van der Waals surface area contributed by atoms with Crippen molar-refractivity contribution in [2.45, 2.75) is 50.6 Å². The van der Waals surface area contributed by atoms with Gasteiger partial charge in [-0.2, -0.15) is 15.7 Å². The summed E-state index contributed by atoms with van der Waals surface area (Å²) in [6.07, 6.45) is 2.29. The fourth-order valence-corrected chi connectivity index (χ4v) is 6.17. The van der Waals surface area contributed by atoms with E-state index in [0.717, 1.165) is 30.5 Å². The predicted octanol–water partition coefficient (Wildman–Crippen LogP) is 4.05. The maximum Gasteiger partial charge on any atom is 0.253 e. The Hall–Kier alpha value is -2.16. The van der Waals surface area contributed by atoms with Crippen LogP contribution >= 0.6 is 23.2 Å². The SMILES string of the molecule is C[C@@]12CC(=O)N(NN)N3CCC3CCN(C1=O)[C@H](c1ccc(Cl)cc1)[C@@H](c1cccc(Cl)c1)C2. The van der Waals surface area contributed by atoms with E-state index in [4.69, 9.17) is 29.0 Å². The van der Waals surface area contributed by atoms with Crippen LogP contribution < -0.4 is 11.4 Å². The fraction of sp³-hybridized carbons (Fsp3) is 0.440. The second kappa shape index (κ2) is 9.13. The molecule has 2 aromatic rings. The largest absolute Gasteiger partial charge is 0.334 e. The van der Waals surface area contributed by atoms with Crippen LogP contribution in [0.3, 0.4) is 0 Å². The Morgan fingerprint density at radius 2 is 1.74 bits per heavy atom. The molecule has 2 aromatic carbocycles. The summed E-state index contributed by atoms with van der Waals surface area (Å²) < 4.78 is 0. The molecule has 4 atom stereocenters. The molecule has 9 heteroatoms. The quantitative estimate of drug-likeness (QED) is 0.489. The van der Waals surface area contributed by atoms with Gasteiger partial charge in [-0.1, -0.05) is 54.4 Å². The Morgan fingerprint density at radius 1 is 1.00 bits per heavy atom. The van der Waals surface area contributed by atoms with Crippen LogP contribution in [0.25, 0.3) is 0 Å². The molecule has 34 heavy (non-hydrogen) atoms. The molecular weight excluding hydrogens is 473 g/mol. The van der Waals surface area contributed by atoms with Gasteiger partial charge in [-0.15, -0.1) is 0 Å². The molecule has 0 saturated carbocycles. The highest BCUT2D eigenvalue weighted by Gasteiger charge is 2.52. The second-order valence-corrected chi connectivity index (χ2v) is 10.7. The van der Waals surface area contributed by atoms with Crippen molar-refractivity contribution >= 4 is 35.0 Å². The number of hydrogen-bond acceptors (Lipinski definition) is 5. The van der Waals surface area contributed by atoms with E-state index in [9.17, 15) is 9.59 Å². The number of nitrogens with zero attached hydrogens (tertiary/aromatic N) is 3. The van der Waals surface area contributed by atoms with Gasteiger partial charge >= 0.3 is 0 Å². The summed E-state index contributed by atoms with van der Waals surface area (Å²) in [5.41, 5.74) is 3.76. The third-order valence-corrected chi connectivity index (χ3v) is 8.11. The summed E-state index contributed by atoms with van der Waals surface area (Å²) >= 11 is 12.6. The van der Waals surface area contributed by atoms with Crippen molar-refractivity contribution in [1.82, 2.24) is 20.6 Å². The Bertz CT molecular complexity index is 1100. The lowest BCUT2D eigenvalue weighted by Crippen LogP contribution is -2.67. The van der Waals surface area contributed by atoms with Gasteiger partial charge in [-0.25, -0.2) is 0 Å². The first-order chi connectivity index (χ1) is 16.3. The van der Waals surface area contributed by atoms with Crippen LogP contribution in [0, 0.1) is 5.41 Å². The highest BCUT2D eigenvalue weighted by atomic mass is 35.5. The standard InChI is InChI=1S/C25H29Cl2N5O2/c1-25-14-21(17-3-2-4-19(27)13-17)23(16-5-7-18(26)8-6-16)30(24(25)34)11-9-20-10-12-31(20)32(29-28)22(33)15-25/h2-8,13,20-21,23,29H,9-12,14-15,28H2,1H3/t20?,21-,23-,25-/m1/s1. The lowest BCUT2D eigenvalue weighted by atomic mass is 9.67. The normalized spacial score (nSPS) is 30.1. The van der Waals surface area contributed by atoms with Gasteiger partial charge in [0.25, 0.3) is 5.91 Å².